The Labute approximate surface area is 701 Å². The SMILES string of the molecule is CC(C)(C)O.CC(C)c1ccc(O)cc1.CC(C)c1ccccn1.CC1CC(C(C)(C)C)CCC1O.COc1cc(C(C)C)ccc1O.COc1ccc(C(C)C)cc1.COc1ccc(C(C)C)cc1C.Cc1cc(C(C)(C)C)ccc1O.Cc1cccc(C(C)(C)C)c1.Cc1ccccc1C(C)C.Cc1ccnc(C(C)(C)C)n1. The largest absolute Gasteiger partial charge is 0.508 e. The Hall–Kier alpha value is -8.51. The van der Waals surface area contributed by atoms with Gasteiger partial charge in [-0.3, -0.25) is 4.98 Å². The number of aromatic hydroxyl groups is 3. The van der Waals surface area contributed by atoms with Crippen molar-refractivity contribution < 1.29 is 39.7 Å². The molecular weight excluding hydrogens is 1420 g/mol. The fourth-order valence-corrected chi connectivity index (χ4v) is 11.3. The number of ether oxygens (including phenoxy) is 3. The summed E-state index contributed by atoms with van der Waals surface area (Å²) in [5.41, 5.74) is 16.8. The zero-order valence-electron chi connectivity index (χ0n) is 78.5. The average molecular weight is 1580 g/mol. The number of aliphatic hydroxyl groups excluding tert-OH is 1. The van der Waals surface area contributed by atoms with Crippen LogP contribution in [0.25, 0.3) is 0 Å². The lowest BCUT2D eigenvalue weighted by molar-refractivity contribution is 0.0274. The second kappa shape index (κ2) is 52.2. The second-order valence-corrected chi connectivity index (χ2v) is 37.3. The van der Waals surface area contributed by atoms with Gasteiger partial charge in [0.05, 0.1) is 33.0 Å². The first-order chi connectivity index (χ1) is 53.1. The topological polar surface area (TPSA) is 168 Å². The van der Waals surface area contributed by atoms with Crippen LogP contribution in [0.2, 0.25) is 0 Å². The van der Waals surface area contributed by atoms with E-state index in [4.69, 9.17) is 24.4 Å². The molecule has 0 amide bonds. The molecule has 115 heavy (non-hydrogen) atoms. The molecule has 11 heteroatoms. The van der Waals surface area contributed by atoms with Crippen LogP contribution >= 0.6 is 0 Å². The predicted molar refractivity (Wildman–Crippen MR) is 494 cm³/mol. The molecule has 1 aliphatic rings. The van der Waals surface area contributed by atoms with Gasteiger partial charge in [-0.05, 0) is 261 Å². The molecule has 0 aliphatic heterocycles. The highest BCUT2D eigenvalue weighted by Crippen LogP contribution is 2.40. The van der Waals surface area contributed by atoms with Crippen molar-refractivity contribution in [2.45, 2.75) is 311 Å². The molecule has 0 spiro atoms. The van der Waals surface area contributed by atoms with Crippen molar-refractivity contribution in [3.8, 4) is 34.5 Å². The minimum Gasteiger partial charge on any atom is -0.508 e. The predicted octanol–water partition coefficient (Wildman–Crippen LogP) is 28.3. The maximum Gasteiger partial charge on any atom is 0.160 e. The summed E-state index contributed by atoms with van der Waals surface area (Å²) in [5.74, 6) is 8.96. The van der Waals surface area contributed by atoms with Gasteiger partial charge in [0.1, 0.15) is 28.8 Å². The van der Waals surface area contributed by atoms with Crippen molar-refractivity contribution in [2.24, 2.45) is 17.3 Å². The quantitative estimate of drug-likeness (QED) is 0.0933. The van der Waals surface area contributed by atoms with Gasteiger partial charge in [-0.15, -0.1) is 0 Å². The molecule has 3 unspecified atom stereocenters. The lowest BCUT2D eigenvalue weighted by Gasteiger charge is -2.38. The molecule has 1 fully saturated rings. The number of nitrogens with zero attached hydrogens (tertiary/aromatic N) is 3. The molecule has 0 saturated heterocycles. The van der Waals surface area contributed by atoms with E-state index in [9.17, 15) is 15.3 Å². The first kappa shape index (κ1) is 106. The summed E-state index contributed by atoms with van der Waals surface area (Å²) in [5, 5.41) is 45.6. The van der Waals surface area contributed by atoms with Crippen LogP contribution in [0.3, 0.4) is 0 Å². The number of hydrogen-bond acceptors (Lipinski definition) is 11. The Kier molecular flexibility index (Phi) is 48.4. The van der Waals surface area contributed by atoms with E-state index >= 15 is 0 Å². The fourth-order valence-electron chi connectivity index (χ4n) is 11.3. The van der Waals surface area contributed by atoms with Crippen LogP contribution in [-0.4, -0.2) is 73.5 Å². The molecule has 1 saturated carbocycles. The number of methoxy groups -OCH3 is 3. The Balaban J connectivity index is 0.00000125. The van der Waals surface area contributed by atoms with Crippen LogP contribution < -0.4 is 14.2 Å². The molecule has 3 atom stereocenters. The second-order valence-electron chi connectivity index (χ2n) is 37.3. The van der Waals surface area contributed by atoms with Crippen molar-refractivity contribution in [1.29, 1.82) is 0 Å². The minimum atomic E-state index is -0.500. The number of aliphatic hydroxyl groups is 2. The molecule has 1 aliphatic carbocycles. The average Bonchev–Trinajstić information content (AvgIpc) is 0.850. The van der Waals surface area contributed by atoms with Crippen LogP contribution in [-0.2, 0) is 16.2 Å². The Morgan fingerprint density at radius 1 is 0.400 bits per heavy atom. The Morgan fingerprint density at radius 2 is 0.878 bits per heavy atom. The van der Waals surface area contributed by atoms with Gasteiger partial charge in [-0.1, -0.05) is 288 Å². The van der Waals surface area contributed by atoms with E-state index in [1.165, 1.54) is 68.5 Å². The minimum absolute atomic E-state index is 0.0383. The van der Waals surface area contributed by atoms with Crippen LogP contribution in [0.15, 0.2) is 188 Å². The lowest BCUT2D eigenvalue weighted by atomic mass is 9.69. The molecule has 11 nitrogen and oxygen atoms in total. The Bertz CT molecular complexity index is 4000. The summed E-state index contributed by atoms with van der Waals surface area (Å²) >= 11 is 0. The first-order valence-electron chi connectivity index (χ1n) is 41.6. The van der Waals surface area contributed by atoms with E-state index in [-0.39, 0.29) is 28.1 Å². The zero-order valence-corrected chi connectivity index (χ0v) is 78.5. The molecule has 2 heterocycles. The number of aryl methyl sites for hydroxylation is 5. The summed E-state index contributed by atoms with van der Waals surface area (Å²) in [7, 11) is 4.95. The number of hydrogen-bond donors (Lipinski definition) is 5. The zero-order chi connectivity index (χ0) is 88.5. The molecule has 638 valence electrons. The molecule has 2 aromatic heterocycles. The molecule has 9 aromatic rings. The lowest BCUT2D eigenvalue weighted by Crippen LogP contribution is -2.33. The third-order valence-electron chi connectivity index (χ3n) is 19.1. The van der Waals surface area contributed by atoms with E-state index < -0.39 is 5.60 Å². The molecule has 10 rings (SSSR count). The summed E-state index contributed by atoms with van der Waals surface area (Å²) < 4.78 is 15.2. The van der Waals surface area contributed by atoms with Gasteiger partial charge in [-0.25, -0.2) is 9.97 Å². The highest BCUT2D eigenvalue weighted by Gasteiger charge is 2.33. The molecule has 7 aromatic carbocycles. The third-order valence-corrected chi connectivity index (χ3v) is 19.1. The first-order valence-corrected chi connectivity index (χ1v) is 41.6. The highest BCUT2D eigenvalue weighted by molar-refractivity contribution is 5.43. The summed E-state index contributed by atoms with van der Waals surface area (Å²) in [6, 6.07) is 58.2. The maximum atomic E-state index is 9.56. The number of phenols is 3. The van der Waals surface area contributed by atoms with Gasteiger partial charge in [-0.2, -0.15) is 0 Å². The normalized spacial score (nSPS) is 13.7. The third kappa shape index (κ3) is 46.1. The highest BCUT2D eigenvalue weighted by atomic mass is 16.5. The standard InChI is InChI=1S/C11H22O.2C11H16O.C11H16.C10H14O2.C10H14O.C10H14.C9H14N2.C9H12O.C8H11N.C4H10O/c2*1-8-7-9(11(2,3)4)5-6-10(8)12;1-8(2)10-5-6-11(12-4)9(3)7-10;1-9-6-5-7-10(8-9)11(2,3)4;1-7(2)8-4-5-9(11)10(6-8)12-3;1-8(2)9-4-6-10(11-3)7-5-9;1-8(2)10-7-5-4-6-9(10)3;1-7-5-6-10-8(11-7)9(2,3)4;1-7(2)8-3-5-9(10)6-4-8;1-7(2)8-5-3-4-6-9-8;1-4(2,3)5/h8-10,12H,5-7H2,1-4H3;5-7,12H,1-4H3;5-8H,1-4H3;5-8H,1-4H3;4-7,11H,1-3H3;4-8H,1-3H3;4-8H,1-3H3;5-6H,1-4H3;3-7,10H,1-2H3;3-7H,1-2H3;5H,1-3H3. The molecule has 0 radical (unpaired) electrons. The summed E-state index contributed by atoms with van der Waals surface area (Å²) in [6.45, 7) is 70.1. The van der Waals surface area contributed by atoms with Crippen molar-refractivity contribution >= 4 is 0 Å². The van der Waals surface area contributed by atoms with Crippen molar-refractivity contribution in [1.82, 2.24) is 15.0 Å². The molecular formula is C104H159N3O8. The maximum absolute atomic E-state index is 9.56. The van der Waals surface area contributed by atoms with E-state index in [0.717, 1.165) is 46.6 Å². The number of rotatable bonds is 9. The van der Waals surface area contributed by atoms with E-state index in [1.807, 2.05) is 105 Å². The van der Waals surface area contributed by atoms with Crippen LogP contribution in [0.5, 0.6) is 34.5 Å². The van der Waals surface area contributed by atoms with Crippen molar-refractivity contribution in [2.75, 3.05) is 21.3 Å². The number of benzene rings is 7. The van der Waals surface area contributed by atoms with Gasteiger partial charge in [0.2, 0.25) is 0 Å². The number of aromatic nitrogens is 3. The Morgan fingerprint density at radius 3 is 1.25 bits per heavy atom. The van der Waals surface area contributed by atoms with Crippen LogP contribution in [0, 0.1) is 51.9 Å². The van der Waals surface area contributed by atoms with E-state index in [2.05, 4.69) is 282 Å². The van der Waals surface area contributed by atoms with Gasteiger partial charge in [0.15, 0.2) is 11.5 Å². The summed E-state index contributed by atoms with van der Waals surface area (Å²) in [6.07, 6.45) is 7.00. The number of phenolic OH excluding ortho intramolecular Hbond substituents is 3. The molecule has 0 bridgehead atoms. The number of pyridine rings is 1. The van der Waals surface area contributed by atoms with Crippen molar-refractivity contribution in [3.63, 3.8) is 0 Å². The van der Waals surface area contributed by atoms with Gasteiger partial charge in [0, 0.05) is 29.2 Å². The molecule has 5 N–H and O–H groups in total. The van der Waals surface area contributed by atoms with Gasteiger partial charge >= 0.3 is 0 Å². The van der Waals surface area contributed by atoms with Gasteiger partial charge in [0.25, 0.3) is 0 Å². The van der Waals surface area contributed by atoms with Crippen LogP contribution in [0.1, 0.15) is 327 Å². The summed E-state index contributed by atoms with van der Waals surface area (Å²) in [4.78, 5) is 12.7. The fraction of sp³-hybridized carbons (Fsp3) is 0.510. The smallest absolute Gasteiger partial charge is 0.160 e. The van der Waals surface area contributed by atoms with Crippen molar-refractivity contribution in [3.05, 3.63) is 267 Å². The van der Waals surface area contributed by atoms with E-state index in [1.54, 1.807) is 66.4 Å². The van der Waals surface area contributed by atoms with Gasteiger partial charge < -0.3 is 39.7 Å². The monoisotopic (exact) mass is 1580 g/mol. The van der Waals surface area contributed by atoms with E-state index in [0.29, 0.717) is 64.1 Å². The van der Waals surface area contributed by atoms with Crippen LogP contribution in [0.4, 0.5) is 0 Å².